The number of methoxy groups -OCH3 is 1. The minimum absolute atomic E-state index is 0.257. The number of ether oxygens (including phenoxy) is 1. The average molecular weight is 241 g/mol. The van der Waals surface area contributed by atoms with Gasteiger partial charge >= 0.3 is 6.09 Å². The van der Waals surface area contributed by atoms with Crippen molar-refractivity contribution in [2.45, 2.75) is 43.8 Å². The number of nitrogens with zero attached hydrogens (tertiary/aromatic N) is 1. The Morgan fingerprint density at radius 1 is 1.35 bits per heavy atom. The largest absolute Gasteiger partial charge is 0.453 e. The average Bonchev–Trinajstić information content (AvgIpc) is 2.51. The summed E-state index contributed by atoms with van der Waals surface area (Å²) in [7, 11) is 1.24. The number of carbonyl (C=O) groups excluding carboxylic acids is 2. The van der Waals surface area contributed by atoms with Gasteiger partial charge in [0.2, 0.25) is 5.91 Å². The molecular formula is C11H19N3O3. The molecule has 2 bridgehead atoms. The van der Waals surface area contributed by atoms with E-state index in [4.69, 9.17) is 5.73 Å². The van der Waals surface area contributed by atoms with Crippen LogP contribution in [0.5, 0.6) is 0 Å². The maximum absolute atomic E-state index is 11.6. The molecule has 0 spiro atoms. The molecule has 2 aliphatic rings. The Morgan fingerprint density at radius 3 is 2.47 bits per heavy atom. The molecule has 0 aromatic heterocycles. The second-order valence-electron chi connectivity index (χ2n) is 4.83. The van der Waals surface area contributed by atoms with Crippen LogP contribution in [0, 0.1) is 0 Å². The highest BCUT2D eigenvalue weighted by Crippen LogP contribution is 2.34. The Morgan fingerprint density at radius 2 is 1.94 bits per heavy atom. The van der Waals surface area contributed by atoms with Gasteiger partial charge in [0, 0.05) is 18.1 Å². The van der Waals surface area contributed by atoms with E-state index in [9.17, 15) is 9.59 Å². The molecule has 96 valence electrons. The summed E-state index contributed by atoms with van der Waals surface area (Å²) < 4.78 is 4.39. The third-order valence-electron chi connectivity index (χ3n) is 3.67. The quantitative estimate of drug-likeness (QED) is 0.700. The predicted octanol–water partition coefficient (Wildman–Crippen LogP) is -0.177. The van der Waals surface area contributed by atoms with Crippen LogP contribution in [-0.4, -0.2) is 48.7 Å². The summed E-state index contributed by atoms with van der Waals surface area (Å²) in [6.07, 6.45) is 3.40. The van der Waals surface area contributed by atoms with Crippen molar-refractivity contribution in [3.8, 4) is 0 Å². The number of alkyl carbamates (subject to hydrolysis) is 1. The lowest BCUT2D eigenvalue weighted by Gasteiger charge is -2.36. The van der Waals surface area contributed by atoms with Crippen molar-refractivity contribution in [3.05, 3.63) is 0 Å². The summed E-state index contributed by atoms with van der Waals surface area (Å²) in [6, 6.07) is 1.05. The van der Waals surface area contributed by atoms with Gasteiger partial charge in [-0.3, -0.25) is 15.0 Å². The van der Waals surface area contributed by atoms with Crippen LogP contribution < -0.4 is 11.1 Å². The number of amides is 2. The fraction of sp³-hybridized carbons (Fsp3) is 0.818. The molecule has 3 N–H and O–H groups in total. The van der Waals surface area contributed by atoms with Crippen LogP contribution in [0.2, 0.25) is 0 Å². The van der Waals surface area contributed by atoms with Crippen molar-refractivity contribution < 1.29 is 14.3 Å². The van der Waals surface area contributed by atoms with E-state index in [0.29, 0.717) is 12.1 Å². The Labute approximate surface area is 100 Å². The van der Waals surface area contributed by atoms with Crippen LogP contribution in [-0.2, 0) is 9.53 Å². The third kappa shape index (κ3) is 2.76. The maximum atomic E-state index is 11.6. The number of imide groups is 1. The van der Waals surface area contributed by atoms with Crippen LogP contribution in [0.15, 0.2) is 0 Å². The molecule has 2 unspecified atom stereocenters. The molecule has 2 saturated heterocycles. The minimum Gasteiger partial charge on any atom is -0.453 e. The number of rotatable bonds is 2. The summed E-state index contributed by atoms with van der Waals surface area (Å²) in [6.45, 7) is 0.261. The summed E-state index contributed by atoms with van der Waals surface area (Å²) in [4.78, 5) is 24.7. The van der Waals surface area contributed by atoms with Gasteiger partial charge in [0.15, 0.2) is 0 Å². The smallest absolute Gasteiger partial charge is 0.413 e. The van der Waals surface area contributed by atoms with Gasteiger partial charge in [0.1, 0.15) is 0 Å². The molecule has 0 aromatic rings. The normalized spacial score (nSPS) is 32.2. The number of fused-ring (bicyclic) bond motifs is 2. The molecule has 0 saturated carbocycles. The zero-order valence-corrected chi connectivity index (χ0v) is 10.0. The van der Waals surface area contributed by atoms with Gasteiger partial charge < -0.3 is 10.5 Å². The van der Waals surface area contributed by atoms with Crippen LogP contribution in [0.3, 0.4) is 0 Å². The van der Waals surface area contributed by atoms with Gasteiger partial charge in [-0.2, -0.15) is 0 Å². The first kappa shape index (κ1) is 12.3. The molecule has 2 atom stereocenters. The van der Waals surface area contributed by atoms with E-state index < -0.39 is 6.09 Å². The molecular weight excluding hydrogens is 222 g/mol. The molecule has 2 amide bonds. The summed E-state index contributed by atoms with van der Waals surface area (Å²) in [5, 5.41) is 2.18. The van der Waals surface area contributed by atoms with Crippen molar-refractivity contribution in [1.29, 1.82) is 0 Å². The first-order chi connectivity index (χ1) is 8.10. The number of hydrogen-bond acceptors (Lipinski definition) is 5. The molecule has 2 aliphatic heterocycles. The number of hydrogen-bond donors (Lipinski definition) is 2. The van der Waals surface area contributed by atoms with E-state index >= 15 is 0 Å². The van der Waals surface area contributed by atoms with Crippen LogP contribution in [0.1, 0.15) is 25.7 Å². The minimum atomic E-state index is -0.698. The molecule has 17 heavy (non-hydrogen) atoms. The van der Waals surface area contributed by atoms with Gasteiger partial charge in [-0.05, 0) is 25.7 Å². The van der Waals surface area contributed by atoms with Gasteiger partial charge in [0.25, 0.3) is 0 Å². The topological polar surface area (TPSA) is 84.7 Å². The highest BCUT2D eigenvalue weighted by atomic mass is 16.5. The molecule has 2 rings (SSSR count). The predicted molar refractivity (Wildman–Crippen MR) is 61.3 cm³/mol. The first-order valence-electron chi connectivity index (χ1n) is 5.99. The number of nitrogens with one attached hydrogen (secondary N) is 1. The summed E-state index contributed by atoms with van der Waals surface area (Å²) in [5.74, 6) is -0.302. The molecule has 0 radical (unpaired) electrons. The van der Waals surface area contributed by atoms with Crippen molar-refractivity contribution >= 4 is 12.0 Å². The molecule has 2 heterocycles. The standard InChI is InChI=1S/C11H19N3O3/c1-17-11(16)13-10(15)6-14-8-2-3-9(14)5-7(12)4-8/h7-9H,2-6,12H2,1H3,(H,13,15,16). The van der Waals surface area contributed by atoms with Crippen molar-refractivity contribution in [3.63, 3.8) is 0 Å². The van der Waals surface area contributed by atoms with E-state index in [-0.39, 0.29) is 18.5 Å². The van der Waals surface area contributed by atoms with E-state index in [1.165, 1.54) is 7.11 Å². The van der Waals surface area contributed by atoms with Gasteiger partial charge in [0.05, 0.1) is 13.7 Å². The lowest BCUT2D eigenvalue weighted by Crippen LogP contribution is -2.51. The second-order valence-corrected chi connectivity index (χ2v) is 4.83. The van der Waals surface area contributed by atoms with Crippen molar-refractivity contribution in [2.75, 3.05) is 13.7 Å². The van der Waals surface area contributed by atoms with Crippen molar-refractivity contribution in [1.82, 2.24) is 10.2 Å². The first-order valence-corrected chi connectivity index (χ1v) is 5.99. The van der Waals surface area contributed by atoms with E-state index in [2.05, 4.69) is 15.0 Å². The fourth-order valence-corrected chi connectivity index (χ4v) is 2.94. The van der Waals surface area contributed by atoms with Crippen LogP contribution in [0.25, 0.3) is 0 Å². The summed E-state index contributed by atoms with van der Waals surface area (Å²) >= 11 is 0. The second kappa shape index (κ2) is 5.01. The Hall–Kier alpha value is -1.14. The molecule has 0 aromatic carbocycles. The summed E-state index contributed by atoms with van der Waals surface area (Å²) in [5.41, 5.74) is 5.95. The highest BCUT2D eigenvalue weighted by molar-refractivity contribution is 5.92. The van der Waals surface area contributed by atoms with Crippen LogP contribution in [0.4, 0.5) is 4.79 Å². The monoisotopic (exact) mass is 241 g/mol. The fourth-order valence-electron chi connectivity index (χ4n) is 2.94. The SMILES string of the molecule is COC(=O)NC(=O)CN1C2CCC1CC(N)C2. The maximum Gasteiger partial charge on any atom is 0.413 e. The van der Waals surface area contributed by atoms with E-state index in [1.54, 1.807) is 0 Å². The Balaban J connectivity index is 1.87. The zero-order valence-electron chi connectivity index (χ0n) is 10.0. The highest BCUT2D eigenvalue weighted by Gasteiger charge is 2.40. The van der Waals surface area contributed by atoms with E-state index in [1.807, 2.05) is 0 Å². The number of piperidine rings is 1. The van der Waals surface area contributed by atoms with E-state index in [0.717, 1.165) is 25.7 Å². The lowest BCUT2D eigenvalue weighted by atomic mass is 9.98. The van der Waals surface area contributed by atoms with Crippen molar-refractivity contribution in [2.24, 2.45) is 5.73 Å². The molecule has 6 nitrogen and oxygen atoms in total. The van der Waals surface area contributed by atoms with Gasteiger partial charge in [-0.25, -0.2) is 4.79 Å². The van der Waals surface area contributed by atoms with Crippen LogP contribution >= 0.6 is 0 Å². The molecule has 0 aliphatic carbocycles. The number of carbonyl (C=O) groups is 2. The molecule has 6 heteroatoms. The lowest BCUT2D eigenvalue weighted by molar-refractivity contribution is -0.122. The van der Waals surface area contributed by atoms with Gasteiger partial charge in [-0.15, -0.1) is 0 Å². The Bertz CT molecular complexity index is 307. The number of nitrogens with two attached hydrogens (primary N) is 1. The Kier molecular flexibility index (Phi) is 3.63. The zero-order chi connectivity index (χ0) is 12.4. The molecule has 2 fully saturated rings. The third-order valence-corrected chi connectivity index (χ3v) is 3.67. The van der Waals surface area contributed by atoms with Gasteiger partial charge in [-0.1, -0.05) is 0 Å².